The van der Waals surface area contributed by atoms with Crippen LogP contribution in [-0.4, -0.2) is 53.0 Å². The maximum atomic E-state index is 12.7. The van der Waals surface area contributed by atoms with E-state index in [-0.39, 0.29) is 5.91 Å². The monoisotopic (exact) mass is 371 g/mol. The molecule has 0 bridgehead atoms. The third-order valence-electron chi connectivity index (χ3n) is 5.40. The molecule has 3 heterocycles. The Hall–Kier alpha value is -1.92. The van der Waals surface area contributed by atoms with E-state index in [1.165, 1.54) is 5.01 Å². The Kier molecular flexibility index (Phi) is 5.22. The third kappa shape index (κ3) is 3.76. The summed E-state index contributed by atoms with van der Waals surface area (Å²) in [5.74, 6) is 1.72. The van der Waals surface area contributed by atoms with Gasteiger partial charge in [-0.15, -0.1) is 11.3 Å². The van der Waals surface area contributed by atoms with E-state index in [1.54, 1.807) is 11.3 Å². The minimum Gasteiger partial charge on any atom is -0.494 e. The molecule has 26 heavy (non-hydrogen) atoms. The van der Waals surface area contributed by atoms with Gasteiger partial charge in [0.1, 0.15) is 10.8 Å². The van der Waals surface area contributed by atoms with E-state index in [4.69, 9.17) is 4.74 Å². The van der Waals surface area contributed by atoms with Crippen molar-refractivity contribution in [2.75, 3.05) is 26.2 Å². The van der Waals surface area contributed by atoms with E-state index >= 15 is 0 Å². The fourth-order valence-electron chi connectivity index (χ4n) is 4.05. The first-order valence-electron chi connectivity index (χ1n) is 9.35. The van der Waals surface area contributed by atoms with Crippen LogP contribution in [0.5, 0.6) is 5.75 Å². The number of carbonyl (C=O) groups excluding carboxylic acids is 1. The largest absolute Gasteiger partial charge is 0.494 e. The lowest BCUT2D eigenvalue weighted by atomic mass is 9.82. The van der Waals surface area contributed by atoms with Crippen LogP contribution in [0.15, 0.2) is 35.8 Å². The second-order valence-electron chi connectivity index (χ2n) is 7.06. The predicted octanol–water partition coefficient (Wildman–Crippen LogP) is 2.82. The quantitative estimate of drug-likeness (QED) is 0.783. The number of rotatable bonds is 6. The minimum atomic E-state index is 0.242. The first kappa shape index (κ1) is 17.5. The van der Waals surface area contributed by atoms with Crippen molar-refractivity contribution in [3.63, 3.8) is 0 Å². The Morgan fingerprint density at radius 1 is 1.31 bits per heavy atom. The van der Waals surface area contributed by atoms with Crippen molar-refractivity contribution in [2.45, 2.75) is 32.4 Å². The molecule has 2 aromatic rings. The van der Waals surface area contributed by atoms with E-state index in [2.05, 4.69) is 14.8 Å². The fraction of sp³-hybridized carbons (Fsp3) is 0.500. The van der Waals surface area contributed by atoms with Crippen LogP contribution in [0, 0.1) is 5.92 Å². The number of benzene rings is 1. The highest BCUT2D eigenvalue weighted by Crippen LogP contribution is 2.34. The number of piperidine rings is 1. The zero-order valence-electron chi connectivity index (χ0n) is 15.1. The molecule has 1 aromatic carbocycles. The second kappa shape index (κ2) is 7.76. The number of hydrogen-bond acceptors (Lipinski definition) is 5. The Morgan fingerprint density at radius 3 is 2.85 bits per heavy atom. The summed E-state index contributed by atoms with van der Waals surface area (Å²) in [6, 6.07) is 8.50. The Labute approximate surface area is 158 Å². The van der Waals surface area contributed by atoms with Crippen LogP contribution in [-0.2, 0) is 17.8 Å². The number of fused-ring (bicyclic) bond motifs is 1. The molecule has 1 aromatic heterocycles. The number of thiazole rings is 1. The van der Waals surface area contributed by atoms with Gasteiger partial charge in [-0.25, -0.2) is 4.98 Å². The van der Waals surface area contributed by atoms with Crippen LogP contribution >= 0.6 is 11.3 Å². The van der Waals surface area contributed by atoms with Crippen LogP contribution in [0.4, 0.5) is 0 Å². The first-order valence-corrected chi connectivity index (χ1v) is 10.2. The van der Waals surface area contributed by atoms with E-state index in [0.29, 0.717) is 25.0 Å². The van der Waals surface area contributed by atoms with Gasteiger partial charge in [0, 0.05) is 43.2 Å². The van der Waals surface area contributed by atoms with Gasteiger partial charge >= 0.3 is 0 Å². The molecule has 4 rings (SSSR count). The van der Waals surface area contributed by atoms with Crippen LogP contribution in [0.2, 0.25) is 0 Å². The number of hydrogen-bond donors (Lipinski definition) is 0. The SMILES string of the molecule is CCOc1ccc(CC(=O)N2CC[C@H]3[C@@H](C2)CN3Cc2nccs2)cc1. The summed E-state index contributed by atoms with van der Waals surface area (Å²) in [7, 11) is 0. The fourth-order valence-corrected chi connectivity index (χ4v) is 4.69. The van der Waals surface area contributed by atoms with E-state index in [0.717, 1.165) is 43.9 Å². The third-order valence-corrected chi connectivity index (χ3v) is 6.16. The number of nitrogens with zero attached hydrogens (tertiary/aromatic N) is 3. The summed E-state index contributed by atoms with van der Waals surface area (Å²) in [6.07, 6.45) is 3.43. The minimum absolute atomic E-state index is 0.242. The van der Waals surface area contributed by atoms with E-state index in [9.17, 15) is 4.79 Å². The maximum absolute atomic E-state index is 12.7. The Morgan fingerprint density at radius 2 is 2.15 bits per heavy atom. The average Bonchev–Trinajstić information content (AvgIpc) is 3.14. The van der Waals surface area contributed by atoms with Gasteiger partial charge in [0.25, 0.3) is 0 Å². The summed E-state index contributed by atoms with van der Waals surface area (Å²) in [5, 5.41) is 3.23. The summed E-state index contributed by atoms with van der Waals surface area (Å²) < 4.78 is 5.46. The lowest BCUT2D eigenvalue weighted by Gasteiger charge is -2.53. The summed E-state index contributed by atoms with van der Waals surface area (Å²) in [5.41, 5.74) is 1.06. The van der Waals surface area contributed by atoms with Crippen molar-refractivity contribution in [3.8, 4) is 5.75 Å². The van der Waals surface area contributed by atoms with Gasteiger partial charge in [0.05, 0.1) is 19.6 Å². The molecule has 0 radical (unpaired) electrons. The normalized spacial score (nSPS) is 22.6. The zero-order valence-corrected chi connectivity index (χ0v) is 16.0. The molecule has 0 spiro atoms. The molecule has 2 atom stereocenters. The van der Waals surface area contributed by atoms with Crippen LogP contribution in [0.3, 0.4) is 0 Å². The molecule has 6 heteroatoms. The van der Waals surface area contributed by atoms with Gasteiger partial charge in [-0.2, -0.15) is 0 Å². The lowest BCUT2D eigenvalue weighted by molar-refractivity contribution is -0.137. The molecule has 2 aliphatic rings. The highest BCUT2D eigenvalue weighted by molar-refractivity contribution is 7.09. The van der Waals surface area contributed by atoms with Gasteiger partial charge in [0.2, 0.25) is 5.91 Å². The molecule has 138 valence electrons. The number of ether oxygens (including phenoxy) is 1. The summed E-state index contributed by atoms with van der Waals surface area (Å²) in [4.78, 5) is 21.6. The average molecular weight is 372 g/mol. The first-order chi connectivity index (χ1) is 12.7. The molecular weight excluding hydrogens is 346 g/mol. The molecule has 2 fully saturated rings. The number of likely N-dealkylation sites (tertiary alicyclic amines) is 2. The molecule has 0 saturated carbocycles. The van der Waals surface area contributed by atoms with Crippen LogP contribution in [0.25, 0.3) is 0 Å². The van der Waals surface area contributed by atoms with E-state index < -0.39 is 0 Å². The number of aromatic nitrogens is 1. The molecule has 2 saturated heterocycles. The molecule has 2 aliphatic heterocycles. The Balaban J connectivity index is 1.27. The number of carbonyl (C=O) groups is 1. The van der Waals surface area contributed by atoms with Crippen LogP contribution < -0.4 is 4.74 Å². The lowest BCUT2D eigenvalue weighted by Crippen LogP contribution is -2.63. The zero-order chi connectivity index (χ0) is 17.9. The van der Waals surface area contributed by atoms with Crippen molar-refractivity contribution >= 4 is 17.2 Å². The van der Waals surface area contributed by atoms with Crippen LogP contribution in [0.1, 0.15) is 23.9 Å². The molecule has 0 unspecified atom stereocenters. The second-order valence-corrected chi connectivity index (χ2v) is 8.04. The standard InChI is InChI=1S/C20H25N3O2S/c1-2-25-17-5-3-15(4-6-17)11-20(24)22-9-7-18-16(12-22)13-23(18)14-19-21-8-10-26-19/h3-6,8,10,16,18H,2,7,9,11-14H2,1H3/t16-,18-/m0/s1. The van der Waals surface area contributed by atoms with Crippen molar-refractivity contribution < 1.29 is 9.53 Å². The van der Waals surface area contributed by atoms with Crippen molar-refractivity contribution in [1.82, 2.24) is 14.8 Å². The summed E-state index contributed by atoms with van der Waals surface area (Å²) in [6.45, 7) is 6.43. The summed E-state index contributed by atoms with van der Waals surface area (Å²) >= 11 is 1.72. The van der Waals surface area contributed by atoms with Gasteiger partial charge in [-0.05, 0) is 31.0 Å². The van der Waals surface area contributed by atoms with Gasteiger partial charge < -0.3 is 9.64 Å². The Bertz CT molecular complexity index is 732. The highest BCUT2D eigenvalue weighted by Gasteiger charge is 2.43. The number of amides is 1. The highest BCUT2D eigenvalue weighted by atomic mass is 32.1. The van der Waals surface area contributed by atoms with E-state index in [1.807, 2.05) is 42.8 Å². The predicted molar refractivity (Wildman–Crippen MR) is 102 cm³/mol. The molecular formula is C20H25N3O2S. The topological polar surface area (TPSA) is 45.7 Å². The van der Waals surface area contributed by atoms with Gasteiger partial charge in [-0.3, -0.25) is 9.69 Å². The molecule has 0 aliphatic carbocycles. The van der Waals surface area contributed by atoms with Crippen molar-refractivity contribution in [3.05, 3.63) is 46.4 Å². The van der Waals surface area contributed by atoms with Crippen molar-refractivity contribution in [2.24, 2.45) is 5.92 Å². The van der Waals surface area contributed by atoms with Gasteiger partial charge in [-0.1, -0.05) is 12.1 Å². The van der Waals surface area contributed by atoms with Gasteiger partial charge in [0.15, 0.2) is 0 Å². The smallest absolute Gasteiger partial charge is 0.227 e. The molecule has 1 amide bonds. The molecule has 5 nitrogen and oxygen atoms in total. The molecule has 0 N–H and O–H groups in total. The van der Waals surface area contributed by atoms with Crippen molar-refractivity contribution in [1.29, 1.82) is 0 Å². The maximum Gasteiger partial charge on any atom is 0.227 e.